The van der Waals surface area contributed by atoms with Crippen LogP contribution >= 0.6 is 11.8 Å². The maximum absolute atomic E-state index is 10.8. The molecule has 0 aromatic heterocycles. The van der Waals surface area contributed by atoms with E-state index in [9.17, 15) is 4.79 Å². The first-order valence-electron chi connectivity index (χ1n) is 4.94. The quantitative estimate of drug-likeness (QED) is 0.334. The Kier molecular flexibility index (Phi) is 5.88. The lowest BCUT2D eigenvalue weighted by Crippen LogP contribution is -2.29. The van der Waals surface area contributed by atoms with Crippen molar-refractivity contribution < 1.29 is 4.79 Å². The Morgan fingerprint density at radius 3 is 2.73 bits per heavy atom. The Bertz CT molecular complexity index is 290. The predicted octanol–water partition coefficient (Wildman–Crippen LogP) is 1.69. The second-order valence-electron chi connectivity index (χ2n) is 3.21. The lowest BCUT2D eigenvalue weighted by atomic mass is 10.2. The van der Waals surface area contributed by atoms with Crippen LogP contribution in [-0.2, 0) is 10.5 Å². The summed E-state index contributed by atoms with van der Waals surface area (Å²) in [5.41, 5.74) is 3.45. The van der Waals surface area contributed by atoms with Gasteiger partial charge in [-0.1, -0.05) is 30.3 Å². The number of nitrogens with two attached hydrogens (primary N) is 1. The number of hydrogen-bond acceptors (Lipinski definition) is 3. The third kappa shape index (κ3) is 5.44. The molecule has 0 aliphatic rings. The van der Waals surface area contributed by atoms with E-state index >= 15 is 0 Å². The Morgan fingerprint density at radius 2 is 2.07 bits per heavy atom. The van der Waals surface area contributed by atoms with E-state index in [4.69, 9.17) is 5.84 Å². The molecule has 0 saturated carbocycles. The second kappa shape index (κ2) is 7.31. The van der Waals surface area contributed by atoms with Crippen LogP contribution in [0.1, 0.15) is 18.4 Å². The SMILES string of the molecule is NNC(=O)CCCSCc1ccccc1. The van der Waals surface area contributed by atoms with E-state index in [1.54, 1.807) is 0 Å². The number of hydrazine groups is 1. The van der Waals surface area contributed by atoms with E-state index < -0.39 is 0 Å². The minimum Gasteiger partial charge on any atom is -0.294 e. The summed E-state index contributed by atoms with van der Waals surface area (Å²) in [6.07, 6.45) is 1.39. The molecule has 0 unspecified atom stereocenters. The van der Waals surface area contributed by atoms with Gasteiger partial charge in [0, 0.05) is 12.2 Å². The fourth-order valence-electron chi connectivity index (χ4n) is 1.17. The number of benzene rings is 1. The summed E-state index contributed by atoms with van der Waals surface area (Å²) in [7, 11) is 0. The van der Waals surface area contributed by atoms with Crippen molar-refractivity contribution in [2.45, 2.75) is 18.6 Å². The molecule has 0 aliphatic heterocycles. The number of carbonyl (C=O) groups excluding carboxylic acids is 1. The molecular formula is C11H16N2OS. The predicted molar refractivity (Wildman–Crippen MR) is 64.2 cm³/mol. The Morgan fingerprint density at radius 1 is 1.33 bits per heavy atom. The molecule has 4 heteroatoms. The van der Waals surface area contributed by atoms with Gasteiger partial charge in [0.15, 0.2) is 0 Å². The molecule has 1 aromatic carbocycles. The third-order valence-corrected chi connectivity index (χ3v) is 3.08. The van der Waals surface area contributed by atoms with Crippen molar-refractivity contribution in [3.63, 3.8) is 0 Å². The number of carbonyl (C=O) groups is 1. The molecule has 82 valence electrons. The first-order chi connectivity index (χ1) is 7.33. The molecule has 3 nitrogen and oxygen atoms in total. The van der Waals surface area contributed by atoms with Gasteiger partial charge in [0.2, 0.25) is 5.91 Å². The summed E-state index contributed by atoms with van der Waals surface area (Å²) in [4.78, 5) is 10.8. The number of nitrogens with one attached hydrogen (secondary N) is 1. The lowest BCUT2D eigenvalue weighted by molar-refractivity contribution is -0.121. The van der Waals surface area contributed by atoms with E-state index in [2.05, 4.69) is 17.6 Å². The molecule has 1 rings (SSSR count). The fraction of sp³-hybridized carbons (Fsp3) is 0.364. The molecule has 0 saturated heterocycles. The van der Waals surface area contributed by atoms with Crippen LogP contribution in [0.2, 0.25) is 0 Å². The van der Waals surface area contributed by atoms with Crippen LogP contribution in [0.4, 0.5) is 0 Å². The Hall–Kier alpha value is -1.00. The van der Waals surface area contributed by atoms with Crippen LogP contribution in [0.15, 0.2) is 30.3 Å². The van der Waals surface area contributed by atoms with Crippen molar-refractivity contribution in [1.29, 1.82) is 0 Å². The Balaban J connectivity index is 2.05. The first-order valence-corrected chi connectivity index (χ1v) is 6.09. The van der Waals surface area contributed by atoms with E-state index in [0.717, 1.165) is 17.9 Å². The molecule has 0 heterocycles. The van der Waals surface area contributed by atoms with E-state index in [1.807, 2.05) is 30.0 Å². The largest absolute Gasteiger partial charge is 0.294 e. The zero-order valence-electron chi connectivity index (χ0n) is 8.61. The van der Waals surface area contributed by atoms with Crippen molar-refractivity contribution in [3.8, 4) is 0 Å². The van der Waals surface area contributed by atoms with E-state index in [0.29, 0.717) is 6.42 Å². The number of amides is 1. The molecule has 0 fully saturated rings. The highest BCUT2D eigenvalue weighted by molar-refractivity contribution is 7.98. The smallest absolute Gasteiger partial charge is 0.233 e. The van der Waals surface area contributed by atoms with E-state index in [-0.39, 0.29) is 5.91 Å². The number of thioether (sulfide) groups is 1. The fourth-order valence-corrected chi connectivity index (χ4v) is 2.09. The monoisotopic (exact) mass is 224 g/mol. The van der Waals surface area contributed by atoms with Gasteiger partial charge < -0.3 is 0 Å². The molecule has 0 spiro atoms. The summed E-state index contributed by atoms with van der Waals surface area (Å²) in [5.74, 6) is 6.88. The Labute approximate surface area is 94.4 Å². The van der Waals surface area contributed by atoms with Gasteiger partial charge in [-0.3, -0.25) is 10.2 Å². The van der Waals surface area contributed by atoms with Crippen molar-refractivity contribution in [3.05, 3.63) is 35.9 Å². The maximum Gasteiger partial charge on any atom is 0.233 e. The first kappa shape index (κ1) is 12.1. The van der Waals surface area contributed by atoms with Gasteiger partial charge in [0.25, 0.3) is 0 Å². The highest BCUT2D eigenvalue weighted by Gasteiger charge is 1.98. The van der Waals surface area contributed by atoms with Crippen LogP contribution in [-0.4, -0.2) is 11.7 Å². The molecule has 0 radical (unpaired) electrons. The molecule has 1 aromatic rings. The van der Waals surface area contributed by atoms with Gasteiger partial charge in [-0.2, -0.15) is 11.8 Å². The van der Waals surface area contributed by atoms with Gasteiger partial charge in [-0.05, 0) is 17.7 Å². The highest BCUT2D eigenvalue weighted by atomic mass is 32.2. The normalized spacial score (nSPS) is 9.93. The van der Waals surface area contributed by atoms with Crippen LogP contribution in [0.5, 0.6) is 0 Å². The summed E-state index contributed by atoms with van der Waals surface area (Å²) in [6, 6.07) is 10.3. The van der Waals surface area contributed by atoms with Crippen molar-refractivity contribution >= 4 is 17.7 Å². The molecule has 0 bridgehead atoms. The van der Waals surface area contributed by atoms with Crippen molar-refractivity contribution in [2.75, 3.05) is 5.75 Å². The summed E-state index contributed by atoms with van der Waals surface area (Å²) in [5, 5.41) is 0. The van der Waals surface area contributed by atoms with Gasteiger partial charge >= 0.3 is 0 Å². The molecule has 1 amide bonds. The van der Waals surface area contributed by atoms with Crippen LogP contribution in [0.3, 0.4) is 0 Å². The standard InChI is InChI=1S/C11H16N2OS/c12-13-11(14)7-4-8-15-9-10-5-2-1-3-6-10/h1-3,5-6H,4,7-9,12H2,(H,13,14). The topological polar surface area (TPSA) is 55.1 Å². The van der Waals surface area contributed by atoms with Gasteiger partial charge in [-0.25, -0.2) is 5.84 Å². The van der Waals surface area contributed by atoms with Crippen LogP contribution < -0.4 is 11.3 Å². The minimum absolute atomic E-state index is 0.0877. The van der Waals surface area contributed by atoms with Gasteiger partial charge in [-0.15, -0.1) is 0 Å². The average Bonchev–Trinajstić information content (AvgIpc) is 2.29. The van der Waals surface area contributed by atoms with Crippen molar-refractivity contribution in [2.24, 2.45) is 5.84 Å². The summed E-state index contributed by atoms with van der Waals surface area (Å²) < 4.78 is 0. The third-order valence-electron chi connectivity index (χ3n) is 1.97. The zero-order valence-corrected chi connectivity index (χ0v) is 9.43. The van der Waals surface area contributed by atoms with Gasteiger partial charge in [0.1, 0.15) is 0 Å². The lowest BCUT2D eigenvalue weighted by Gasteiger charge is -2.01. The summed E-state index contributed by atoms with van der Waals surface area (Å²) >= 11 is 1.84. The average molecular weight is 224 g/mol. The van der Waals surface area contributed by atoms with Gasteiger partial charge in [0.05, 0.1) is 0 Å². The maximum atomic E-state index is 10.8. The highest BCUT2D eigenvalue weighted by Crippen LogP contribution is 2.13. The number of hydrogen-bond donors (Lipinski definition) is 2. The molecular weight excluding hydrogens is 208 g/mol. The van der Waals surface area contributed by atoms with E-state index in [1.165, 1.54) is 5.56 Å². The molecule has 0 atom stereocenters. The summed E-state index contributed by atoms with van der Waals surface area (Å²) in [6.45, 7) is 0. The molecule has 0 aliphatic carbocycles. The number of rotatable bonds is 6. The zero-order chi connectivity index (χ0) is 10.9. The van der Waals surface area contributed by atoms with Crippen LogP contribution in [0, 0.1) is 0 Å². The second-order valence-corrected chi connectivity index (χ2v) is 4.31. The molecule has 15 heavy (non-hydrogen) atoms. The van der Waals surface area contributed by atoms with Crippen molar-refractivity contribution in [1.82, 2.24) is 5.43 Å². The molecule has 3 N–H and O–H groups in total. The minimum atomic E-state index is -0.0877. The van der Waals surface area contributed by atoms with Crippen LogP contribution in [0.25, 0.3) is 0 Å².